The molecular formula is C23H21N5O4S2. The van der Waals surface area contributed by atoms with Gasteiger partial charge in [-0.15, -0.1) is 16.4 Å². The minimum atomic E-state index is -3.96. The van der Waals surface area contributed by atoms with Crippen LogP contribution >= 0.6 is 11.3 Å². The molecule has 0 unspecified atom stereocenters. The Morgan fingerprint density at radius 3 is 2.62 bits per heavy atom. The van der Waals surface area contributed by atoms with Crippen molar-refractivity contribution in [2.75, 3.05) is 19.5 Å². The molecule has 0 spiro atoms. The fourth-order valence-electron chi connectivity index (χ4n) is 3.71. The lowest BCUT2D eigenvalue weighted by Gasteiger charge is -2.13. The molecule has 0 aliphatic carbocycles. The highest BCUT2D eigenvalue weighted by molar-refractivity contribution is 7.91. The second-order valence-electron chi connectivity index (χ2n) is 7.69. The van der Waals surface area contributed by atoms with E-state index in [-0.39, 0.29) is 15.6 Å². The molecule has 0 fully saturated rings. The largest absolute Gasteiger partial charge is 0.497 e. The van der Waals surface area contributed by atoms with Gasteiger partial charge < -0.3 is 14.8 Å². The molecule has 0 amide bonds. The fourth-order valence-corrected chi connectivity index (χ4v) is 6.09. The average Bonchev–Trinajstić information content (AvgIpc) is 3.48. The molecule has 0 atom stereocenters. The molecule has 0 aliphatic heterocycles. The van der Waals surface area contributed by atoms with Crippen LogP contribution in [0.4, 0.5) is 11.5 Å². The summed E-state index contributed by atoms with van der Waals surface area (Å²) in [6.07, 6.45) is 0. The maximum absolute atomic E-state index is 13.6. The number of fused-ring (bicyclic) bond motifs is 3. The third kappa shape index (κ3) is 3.53. The number of thiophene rings is 1. The normalized spacial score (nSPS) is 11.8. The Bertz CT molecular complexity index is 1660. The predicted octanol–water partition coefficient (Wildman–Crippen LogP) is 4.55. The SMILES string of the molecule is COc1ccc(Nc2nc3c(S(=O)(=O)c4cc(C)ccc4C)nnn3c3ccsc23)c(OC)c1. The van der Waals surface area contributed by atoms with Crippen LogP contribution < -0.4 is 14.8 Å². The topological polar surface area (TPSA) is 108 Å². The number of anilines is 2. The van der Waals surface area contributed by atoms with E-state index in [2.05, 4.69) is 20.6 Å². The van der Waals surface area contributed by atoms with Crippen LogP contribution in [-0.2, 0) is 9.84 Å². The number of hydrogen-bond acceptors (Lipinski definition) is 9. The second kappa shape index (κ2) is 8.26. The molecule has 5 rings (SSSR count). The monoisotopic (exact) mass is 495 g/mol. The summed E-state index contributed by atoms with van der Waals surface area (Å²) in [6.45, 7) is 3.60. The summed E-state index contributed by atoms with van der Waals surface area (Å²) in [7, 11) is -0.818. The van der Waals surface area contributed by atoms with E-state index in [4.69, 9.17) is 9.47 Å². The van der Waals surface area contributed by atoms with Crippen LogP contribution in [0, 0.1) is 13.8 Å². The molecular weight excluding hydrogens is 474 g/mol. The highest BCUT2D eigenvalue weighted by Gasteiger charge is 2.29. The van der Waals surface area contributed by atoms with Crippen molar-refractivity contribution in [2.45, 2.75) is 23.8 Å². The van der Waals surface area contributed by atoms with Crippen LogP contribution in [0.1, 0.15) is 11.1 Å². The van der Waals surface area contributed by atoms with E-state index < -0.39 is 9.84 Å². The van der Waals surface area contributed by atoms with Crippen molar-refractivity contribution < 1.29 is 17.9 Å². The van der Waals surface area contributed by atoms with Gasteiger partial charge in [-0.25, -0.2) is 13.4 Å². The standard InChI is InChI=1S/C23H21N5O4S2/c1-13-5-6-14(2)19(11-13)34(29,30)23-22-25-21(20-17(9-10-33-20)28(22)27-26-23)24-16-8-7-15(31-3)12-18(16)32-4/h5-12H,1-4H3,(H,24,25). The van der Waals surface area contributed by atoms with Gasteiger partial charge in [0.05, 0.1) is 35.0 Å². The van der Waals surface area contributed by atoms with E-state index in [0.29, 0.717) is 34.1 Å². The number of hydrogen-bond donors (Lipinski definition) is 1. The minimum absolute atomic E-state index is 0.141. The first-order valence-corrected chi connectivity index (χ1v) is 12.6. The van der Waals surface area contributed by atoms with E-state index in [1.807, 2.05) is 30.5 Å². The molecule has 5 aromatic rings. The first-order valence-electron chi connectivity index (χ1n) is 10.3. The molecule has 9 nitrogen and oxygen atoms in total. The van der Waals surface area contributed by atoms with Gasteiger partial charge in [-0.2, -0.15) is 4.52 Å². The smallest absolute Gasteiger partial charge is 0.229 e. The molecule has 0 saturated carbocycles. The Morgan fingerprint density at radius 2 is 1.85 bits per heavy atom. The highest BCUT2D eigenvalue weighted by atomic mass is 32.2. The maximum Gasteiger partial charge on any atom is 0.229 e. The van der Waals surface area contributed by atoms with Crippen molar-refractivity contribution in [3.8, 4) is 11.5 Å². The minimum Gasteiger partial charge on any atom is -0.497 e. The van der Waals surface area contributed by atoms with Crippen molar-refractivity contribution in [1.29, 1.82) is 0 Å². The Hall–Kier alpha value is -3.70. The molecule has 2 aromatic carbocycles. The Labute approximate surface area is 199 Å². The third-order valence-electron chi connectivity index (χ3n) is 5.47. The molecule has 34 heavy (non-hydrogen) atoms. The van der Waals surface area contributed by atoms with Gasteiger partial charge in [0, 0.05) is 6.07 Å². The summed E-state index contributed by atoms with van der Waals surface area (Å²) in [4.78, 5) is 4.85. The van der Waals surface area contributed by atoms with E-state index in [9.17, 15) is 8.42 Å². The van der Waals surface area contributed by atoms with Crippen molar-refractivity contribution in [2.24, 2.45) is 0 Å². The van der Waals surface area contributed by atoms with Gasteiger partial charge in [-0.1, -0.05) is 17.3 Å². The van der Waals surface area contributed by atoms with Crippen molar-refractivity contribution in [1.82, 2.24) is 19.8 Å². The van der Waals surface area contributed by atoms with E-state index in [0.717, 1.165) is 10.3 Å². The van der Waals surface area contributed by atoms with Crippen LogP contribution in [-0.4, -0.2) is 42.4 Å². The van der Waals surface area contributed by atoms with Gasteiger partial charge >= 0.3 is 0 Å². The zero-order chi connectivity index (χ0) is 24.0. The number of aryl methyl sites for hydroxylation is 2. The van der Waals surface area contributed by atoms with Gasteiger partial charge in [-0.05, 0) is 54.6 Å². The van der Waals surface area contributed by atoms with Gasteiger partial charge in [0.25, 0.3) is 0 Å². The molecule has 0 saturated heterocycles. The second-order valence-corrected chi connectivity index (χ2v) is 10.4. The van der Waals surface area contributed by atoms with Crippen molar-refractivity contribution in [3.05, 3.63) is 59.0 Å². The zero-order valence-electron chi connectivity index (χ0n) is 18.9. The molecule has 1 N–H and O–H groups in total. The molecule has 0 radical (unpaired) electrons. The lowest BCUT2D eigenvalue weighted by molar-refractivity contribution is 0.395. The first-order chi connectivity index (χ1) is 16.3. The zero-order valence-corrected chi connectivity index (χ0v) is 20.5. The van der Waals surface area contributed by atoms with Gasteiger partial charge in [0.1, 0.15) is 11.5 Å². The van der Waals surface area contributed by atoms with Gasteiger partial charge in [0.2, 0.25) is 14.9 Å². The van der Waals surface area contributed by atoms with Crippen LogP contribution in [0.25, 0.3) is 15.9 Å². The number of aromatic nitrogens is 4. The number of ether oxygens (including phenoxy) is 2. The summed E-state index contributed by atoms with van der Waals surface area (Å²) in [5, 5.41) is 13.2. The number of sulfone groups is 1. The predicted molar refractivity (Wildman–Crippen MR) is 130 cm³/mol. The molecule has 11 heteroatoms. The van der Waals surface area contributed by atoms with Crippen LogP contribution in [0.5, 0.6) is 11.5 Å². The van der Waals surface area contributed by atoms with Crippen LogP contribution in [0.2, 0.25) is 0 Å². The average molecular weight is 496 g/mol. The fraction of sp³-hybridized carbons (Fsp3) is 0.174. The summed E-state index contributed by atoms with van der Waals surface area (Å²) in [6, 6.07) is 12.5. The molecule has 0 aliphatic rings. The highest BCUT2D eigenvalue weighted by Crippen LogP contribution is 2.36. The summed E-state index contributed by atoms with van der Waals surface area (Å²) >= 11 is 1.46. The lowest BCUT2D eigenvalue weighted by Crippen LogP contribution is -2.07. The van der Waals surface area contributed by atoms with Crippen LogP contribution in [0.3, 0.4) is 0 Å². The van der Waals surface area contributed by atoms with Crippen molar-refractivity contribution in [3.63, 3.8) is 0 Å². The third-order valence-corrected chi connectivity index (χ3v) is 8.17. The number of rotatable bonds is 6. The van der Waals surface area contributed by atoms with E-state index in [1.54, 1.807) is 45.4 Å². The van der Waals surface area contributed by atoms with Crippen LogP contribution in [0.15, 0.2) is 57.8 Å². The number of nitrogens with one attached hydrogen (secondary N) is 1. The number of nitrogens with zero attached hydrogens (tertiary/aromatic N) is 4. The van der Waals surface area contributed by atoms with E-state index >= 15 is 0 Å². The number of methoxy groups -OCH3 is 2. The quantitative estimate of drug-likeness (QED) is 0.366. The van der Waals surface area contributed by atoms with Gasteiger partial charge in [0.15, 0.2) is 11.5 Å². The molecule has 174 valence electrons. The lowest BCUT2D eigenvalue weighted by atomic mass is 10.2. The van der Waals surface area contributed by atoms with Crippen molar-refractivity contribution >= 4 is 48.5 Å². The van der Waals surface area contributed by atoms with E-state index in [1.165, 1.54) is 15.9 Å². The summed E-state index contributed by atoms with van der Waals surface area (Å²) in [5.41, 5.74) is 2.95. The maximum atomic E-state index is 13.6. The van der Waals surface area contributed by atoms with Gasteiger partial charge in [-0.3, -0.25) is 0 Å². The summed E-state index contributed by atoms with van der Waals surface area (Å²) in [5.74, 6) is 1.68. The first kappa shape index (κ1) is 22.1. The Morgan fingerprint density at radius 1 is 1.03 bits per heavy atom. The Kier molecular flexibility index (Phi) is 5.37. The summed E-state index contributed by atoms with van der Waals surface area (Å²) < 4.78 is 40.2. The molecule has 3 heterocycles. The molecule has 3 aromatic heterocycles. The molecule has 0 bridgehead atoms. The Balaban J connectivity index is 1.70. The number of benzene rings is 2.